The normalized spacial score (nSPS) is 15.5. The molecule has 2 aromatic rings. The molecule has 3 nitrogen and oxygen atoms in total. The lowest BCUT2D eigenvalue weighted by atomic mass is 10.1. The summed E-state index contributed by atoms with van der Waals surface area (Å²) in [6, 6.07) is 12.1. The molecule has 128 valence electrons. The monoisotopic (exact) mass is 333 g/mol. The number of hydrogen-bond acceptors (Lipinski definition) is 2. The molecule has 1 fully saturated rings. The Labute approximate surface area is 141 Å². The molecule has 0 radical (unpaired) electrons. The van der Waals surface area contributed by atoms with Crippen LogP contribution in [0.4, 0.5) is 14.5 Å². The summed E-state index contributed by atoms with van der Waals surface area (Å²) in [4.78, 5) is 3.48. The minimum atomic E-state index is -0.452. The van der Waals surface area contributed by atoms with E-state index in [9.17, 15) is 8.78 Å². The van der Waals surface area contributed by atoms with Crippen molar-refractivity contribution in [2.45, 2.75) is 13.5 Å². The molecule has 1 heterocycles. The fourth-order valence-corrected chi connectivity index (χ4v) is 3.19. The maximum absolute atomic E-state index is 13.8. The second-order valence-electron chi connectivity index (χ2n) is 6.01. The average molecular weight is 333 g/mol. The molecule has 1 aliphatic rings. The third kappa shape index (κ3) is 3.67. The van der Waals surface area contributed by atoms with Crippen LogP contribution in [0.5, 0.6) is 5.75 Å². The zero-order valence-electron chi connectivity index (χ0n) is 13.9. The number of hydrogen-bond donors (Lipinski definition) is 1. The Morgan fingerprint density at radius 2 is 1.67 bits per heavy atom. The van der Waals surface area contributed by atoms with Crippen molar-refractivity contribution in [1.82, 2.24) is 0 Å². The Hall–Kier alpha value is -2.14. The fourth-order valence-electron chi connectivity index (χ4n) is 3.19. The van der Waals surface area contributed by atoms with Crippen LogP contribution in [0.2, 0.25) is 0 Å². The van der Waals surface area contributed by atoms with E-state index < -0.39 is 11.6 Å². The largest absolute Gasteiger partial charge is 0.492 e. The number of para-hydroxylation sites is 2. The molecule has 0 saturated carbocycles. The van der Waals surface area contributed by atoms with Gasteiger partial charge in [0.25, 0.3) is 0 Å². The number of nitrogens with one attached hydrogen (secondary N) is 1. The van der Waals surface area contributed by atoms with Crippen molar-refractivity contribution < 1.29 is 18.4 Å². The van der Waals surface area contributed by atoms with Crippen molar-refractivity contribution in [3.8, 4) is 5.75 Å². The third-order valence-corrected chi connectivity index (χ3v) is 4.46. The maximum Gasteiger partial charge on any atom is 0.142 e. The Balaban J connectivity index is 1.64. The van der Waals surface area contributed by atoms with Crippen molar-refractivity contribution in [1.29, 1.82) is 0 Å². The quantitative estimate of drug-likeness (QED) is 0.904. The Morgan fingerprint density at radius 3 is 2.33 bits per heavy atom. The summed E-state index contributed by atoms with van der Waals surface area (Å²) >= 11 is 0. The number of quaternary nitrogens is 1. The SMILES string of the molecule is CCOc1ccccc1N1CC[NH+](Cc2c(F)cccc2F)CC1. The lowest BCUT2D eigenvalue weighted by molar-refractivity contribution is -0.914. The zero-order chi connectivity index (χ0) is 16.9. The van der Waals surface area contributed by atoms with Gasteiger partial charge in [-0.15, -0.1) is 0 Å². The van der Waals surface area contributed by atoms with Crippen LogP contribution in [0.1, 0.15) is 12.5 Å². The molecule has 0 aromatic heterocycles. The van der Waals surface area contributed by atoms with Crippen molar-refractivity contribution in [3.05, 3.63) is 59.7 Å². The van der Waals surface area contributed by atoms with Crippen LogP contribution in [-0.4, -0.2) is 32.8 Å². The lowest BCUT2D eigenvalue weighted by Gasteiger charge is -2.34. The van der Waals surface area contributed by atoms with Crippen molar-refractivity contribution >= 4 is 5.69 Å². The summed E-state index contributed by atoms with van der Waals surface area (Å²) in [6.07, 6.45) is 0. The van der Waals surface area contributed by atoms with Crippen LogP contribution < -0.4 is 14.5 Å². The second-order valence-corrected chi connectivity index (χ2v) is 6.01. The molecule has 0 unspecified atom stereocenters. The van der Waals surface area contributed by atoms with Gasteiger partial charge in [0.15, 0.2) is 0 Å². The highest BCUT2D eigenvalue weighted by molar-refractivity contribution is 5.58. The van der Waals surface area contributed by atoms with Crippen molar-refractivity contribution in [3.63, 3.8) is 0 Å². The van der Waals surface area contributed by atoms with E-state index in [1.165, 1.54) is 23.1 Å². The van der Waals surface area contributed by atoms with Crippen LogP contribution in [0.15, 0.2) is 42.5 Å². The van der Waals surface area contributed by atoms with Gasteiger partial charge in [0.2, 0.25) is 0 Å². The first-order chi connectivity index (χ1) is 11.7. The molecule has 1 saturated heterocycles. The number of rotatable bonds is 5. The summed E-state index contributed by atoms with van der Waals surface area (Å²) in [7, 11) is 0. The van der Waals surface area contributed by atoms with Gasteiger partial charge in [-0.2, -0.15) is 0 Å². The lowest BCUT2D eigenvalue weighted by Crippen LogP contribution is -3.13. The van der Waals surface area contributed by atoms with Gasteiger partial charge < -0.3 is 14.5 Å². The highest BCUT2D eigenvalue weighted by atomic mass is 19.1. The molecule has 1 N–H and O–H groups in total. The molecule has 0 bridgehead atoms. The minimum absolute atomic E-state index is 0.190. The predicted molar refractivity (Wildman–Crippen MR) is 90.6 cm³/mol. The summed E-state index contributed by atoms with van der Waals surface area (Å²) in [5, 5.41) is 0. The van der Waals surface area contributed by atoms with Gasteiger partial charge in [0, 0.05) is 0 Å². The van der Waals surface area contributed by atoms with E-state index in [0.29, 0.717) is 13.2 Å². The minimum Gasteiger partial charge on any atom is -0.492 e. The summed E-state index contributed by atoms with van der Waals surface area (Å²) in [6.45, 7) is 6.36. The van der Waals surface area contributed by atoms with Gasteiger partial charge in [0.1, 0.15) is 23.9 Å². The summed E-state index contributed by atoms with van der Waals surface area (Å²) in [5.41, 5.74) is 1.28. The van der Waals surface area contributed by atoms with Gasteiger partial charge in [-0.1, -0.05) is 18.2 Å². The molecule has 0 amide bonds. The van der Waals surface area contributed by atoms with E-state index in [2.05, 4.69) is 11.0 Å². The number of anilines is 1. The molecule has 0 aliphatic carbocycles. The molecule has 3 rings (SSSR count). The molecule has 5 heteroatoms. The van der Waals surface area contributed by atoms with E-state index in [-0.39, 0.29) is 5.56 Å². The zero-order valence-corrected chi connectivity index (χ0v) is 13.9. The number of halogens is 2. The first-order valence-corrected chi connectivity index (χ1v) is 8.42. The molecule has 0 spiro atoms. The van der Waals surface area contributed by atoms with Crippen molar-refractivity contribution in [2.75, 3.05) is 37.7 Å². The van der Waals surface area contributed by atoms with E-state index in [0.717, 1.165) is 37.6 Å². The third-order valence-electron chi connectivity index (χ3n) is 4.46. The highest BCUT2D eigenvalue weighted by Crippen LogP contribution is 2.27. The van der Waals surface area contributed by atoms with Gasteiger partial charge in [-0.05, 0) is 31.2 Å². The number of nitrogens with zero attached hydrogens (tertiary/aromatic N) is 1. The number of ether oxygens (including phenoxy) is 1. The topological polar surface area (TPSA) is 16.9 Å². The second kappa shape index (κ2) is 7.62. The molecule has 2 aromatic carbocycles. The Morgan fingerprint density at radius 1 is 1.00 bits per heavy atom. The molecule has 24 heavy (non-hydrogen) atoms. The Bertz CT molecular complexity index is 665. The van der Waals surface area contributed by atoms with Gasteiger partial charge in [0.05, 0.1) is 44.0 Å². The molecule has 0 atom stereocenters. The average Bonchev–Trinajstić information content (AvgIpc) is 2.60. The van der Waals surface area contributed by atoms with Gasteiger partial charge in [-0.3, -0.25) is 0 Å². The van der Waals surface area contributed by atoms with Crippen LogP contribution in [0.3, 0.4) is 0 Å². The maximum atomic E-state index is 13.8. The van der Waals surface area contributed by atoms with Gasteiger partial charge in [-0.25, -0.2) is 8.78 Å². The first-order valence-electron chi connectivity index (χ1n) is 8.42. The van der Waals surface area contributed by atoms with E-state index in [4.69, 9.17) is 4.74 Å². The van der Waals surface area contributed by atoms with E-state index >= 15 is 0 Å². The molecule has 1 aliphatic heterocycles. The number of benzene rings is 2. The van der Waals surface area contributed by atoms with Crippen molar-refractivity contribution in [2.24, 2.45) is 0 Å². The predicted octanol–water partition coefficient (Wildman–Crippen LogP) is 2.27. The first kappa shape index (κ1) is 16.7. The smallest absolute Gasteiger partial charge is 0.142 e. The summed E-state index contributed by atoms with van der Waals surface area (Å²) in [5.74, 6) is -0.0122. The highest BCUT2D eigenvalue weighted by Gasteiger charge is 2.24. The van der Waals surface area contributed by atoms with E-state index in [1.807, 2.05) is 25.1 Å². The van der Waals surface area contributed by atoms with Crippen LogP contribution >= 0.6 is 0 Å². The fraction of sp³-hybridized carbons (Fsp3) is 0.368. The number of piperazine rings is 1. The van der Waals surface area contributed by atoms with Crippen LogP contribution in [-0.2, 0) is 6.54 Å². The van der Waals surface area contributed by atoms with E-state index in [1.54, 1.807) is 0 Å². The summed E-state index contributed by atoms with van der Waals surface area (Å²) < 4.78 is 33.3. The standard InChI is InChI=1S/C19H22F2N2O/c1-2-24-19-9-4-3-8-18(19)23-12-10-22(11-13-23)14-15-16(20)6-5-7-17(15)21/h3-9H,2,10-14H2,1H3/p+1. The molecular formula is C19H23F2N2O+. The van der Waals surface area contributed by atoms with Crippen LogP contribution in [0.25, 0.3) is 0 Å². The molecular weight excluding hydrogens is 310 g/mol. The van der Waals surface area contributed by atoms with Gasteiger partial charge >= 0.3 is 0 Å². The van der Waals surface area contributed by atoms with Crippen LogP contribution in [0, 0.1) is 11.6 Å². The Kier molecular flexibility index (Phi) is 5.30.